The number of carbonyl (C=O) groups is 1. The molecule has 4 rings (SSSR count). The van der Waals surface area contributed by atoms with E-state index in [1.54, 1.807) is 19.1 Å². The molecule has 4 nitrogen and oxygen atoms in total. The first-order valence-electron chi connectivity index (χ1n) is 11.4. The monoisotopic (exact) mass is 539 g/mol. The third kappa shape index (κ3) is 5.49. The molecule has 1 aromatic carbocycles. The lowest BCUT2D eigenvalue weighted by atomic mass is 9.78. The van der Waals surface area contributed by atoms with Crippen molar-refractivity contribution < 1.29 is 44.3 Å². The van der Waals surface area contributed by atoms with Gasteiger partial charge in [-0.3, -0.25) is 4.79 Å². The maximum Gasteiger partial charge on any atom is 0.433 e. The van der Waals surface area contributed by atoms with Gasteiger partial charge in [-0.2, -0.15) is 39.5 Å². The van der Waals surface area contributed by atoms with E-state index in [0.717, 1.165) is 12.8 Å². The molecule has 1 aliphatic heterocycles. The molecular formula is C24H22F9N3O. The number of benzene rings is 1. The van der Waals surface area contributed by atoms with E-state index >= 15 is 0 Å². The van der Waals surface area contributed by atoms with E-state index in [4.69, 9.17) is 0 Å². The third-order valence-electron chi connectivity index (χ3n) is 6.84. The van der Waals surface area contributed by atoms with E-state index in [9.17, 15) is 44.3 Å². The van der Waals surface area contributed by atoms with Crippen molar-refractivity contribution in [3.8, 4) is 0 Å². The Hall–Kier alpha value is -2.99. The van der Waals surface area contributed by atoms with Crippen LogP contribution in [0, 0.1) is 5.92 Å². The fourth-order valence-corrected chi connectivity index (χ4v) is 4.49. The maximum atomic E-state index is 14.4. The maximum absolute atomic E-state index is 14.4. The molecule has 1 amide bonds. The molecule has 2 aliphatic rings. The number of rotatable bonds is 5. The SMILES string of the molecule is CC(NC(=O)C1CC1)c1ccc(N2CCC(c3cc(C(F)(F)F)nc(C(F)(F)F)c3)(C(F)(F)F)C2)cc1. The third-order valence-corrected chi connectivity index (χ3v) is 6.84. The Morgan fingerprint density at radius 1 is 0.973 bits per heavy atom. The van der Waals surface area contributed by atoms with Gasteiger partial charge in [0.2, 0.25) is 5.91 Å². The Balaban J connectivity index is 1.64. The van der Waals surface area contributed by atoms with Crippen LogP contribution < -0.4 is 10.2 Å². The second kappa shape index (κ2) is 9.09. The number of alkyl halides is 9. The number of amides is 1. The van der Waals surface area contributed by atoms with E-state index in [0.29, 0.717) is 11.3 Å². The first kappa shape index (κ1) is 27.1. The lowest BCUT2D eigenvalue weighted by Crippen LogP contribution is -2.45. The molecule has 202 valence electrons. The molecule has 1 saturated carbocycles. The summed E-state index contributed by atoms with van der Waals surface area (Å²) in [5.74, 6) is -0.0920. The van der Waals surface area contributed by atoms with Crippen molar-refractivity contribution in [2.45, 2.75) is 56.2 Å². The molecule has 2 fully saturated rings. The molecule has 1 aliphatic carbocycles. The van der Waals surface area contributed by atoms with Crippen LogP contribution in [0.3, 0.4) is 0 Å². The van der Waals surface area contributed by atoms with Crippen molar-refractivity contribution in [3.05, 3.63) is 58.9 Å². The number of carbonyl (C=O) groups excluding carboxylic acids is 1. The van der Waals surface area contributed by atoms with Crippen LogP contribution in [0.25, 0.3) is 0 Å². The summed E-state index contributed by atoms with van der Waals surface area (Å²) < 4.78 is 123. The van der Waals surface area contributed by atoms with Crippen LogP contribution in [-0.2, 0) is 22.6 Å². The summed E-state index contributed by atoms with van der Waals surface area (Å²) in [5, 5.41) is 2.85. The van der Waals surface area contributed by atoms with Gasteiger partial charge in [0.1, 0.15) is 16.8 Å². The van der Waals surface area contributed by atoms with Gasteiger partial charge in [0, 0.05) is 24.7 Å². The zero-order valence-electron chi connectivity index (χ0n) is 19.4. The first-order chi connectivity index (χ1) is 17.0. The fourth-order valence-electron chi connectivity index (χ4n) is 4.49. The number of hydrogen-bond donors (Lipinski definition) is 1. The molecule has 1 N–H and O–H groups in total. The minimum atomic E-state index is -5.37. The summed E-state index contributed by atoms with van der Waals surface area (Å²) in [4.78, 5) is 15.8. The number of nitrogens with one attached hydrogen (secondary N) is 1. The van der Waals surface area contributed by atoms with Gasteiger partial charge in [0.25, 0.3) is 0 Å². The smallest absolute Gasteiger partial charge is 0.370 e. The van der Waals surface area contributed by atoms with Gasteiger partial charge in [-0.1, -0.05) is 12.1 Å². The van der Waals surface area contributed by atoms with E-state index in [2.05, 4.69) is 10.3 Å². The van der Waals surface area contributed by atoms with Crippen molar-refractivity contribution in [1.29, 1.82) is 0 Å². The van der Waals surface area contributed by atoms with E-state index in [1.165, 1.54) is 17.0 Å². The largest absolute Gasteiger partial charge is 0.433 e. The number of nitrogens with zero attached hydrogens (tertiary/aromatic N) is 2. The highest BCUT2D eigenvalue weighted by Gasteiger charge is 2.60. The molecule has 0 radical (unpaired) electrons. The highest BCUT2D eigenvalue weighted by Crippen LogP contribution is 2.50. The highest BCUT2D eigenvalue weighted by atomic mass is 19.4. The van der Waals surface area contributed by atoms with Gasteiger partial charge in [-0.05, 0) is 61.6 Å². The van der Waals surface area contributed by atoms with E-state index in [-0.39, 0.29) is 36.5 Å². The number of halogens is 9. The number of aromatic nitrogens is 1. The van der Waals surface area contributed by atoms with Gasteiger partial charge in [-0.25, -0.2) is 4.98 Å². The van der Waals surface area contributed by atoms with Crippen LogP contribution in [-0.4, -0.2) is 30.2 Å². The molecule has 1 saturated heterocycles. The Bertz CT molecular complexity index is 1120. The summed E-state index contributed by atoms with van der Waals surface area (Å²) >= 11 is 0. The first-order valence-corrected chi connectivity index (χ1v) is 11.4. The highest BCUT2D eigenvalue weighted by molar-refractivity contribution is 5.81. The van der Waals surface area contributed by atoms with Crippen molar-refractivity contribution in [1.82, 2.24) is 10.3 Å². The molecule has 2 atom stereocenters. The number of hydrogen-bond acceptors (Lipinski definition) is 3. The quantitative estimate of drug-likeness (QED) is 0.447. The average Bonchev–Trinajstić information content (AvgIpc) is 3.55. The van der Waals surface area contributed by atoms with Crippen LogP contribution >= 0.6 is 0 Å². The zero-order valence-corrected chi connectivity index (χ0v) is 19.4. The van der Waals surface area contributed by atoms with Crippen molar-refractivity contribution in [2.75, 3.05) is 18.0 Å². The minimum absolute atomic E-state index is 0.00859. The van der Waals surface area contributed by atoms with Gasteiger partial charge < -0.3 is 10.2 Å². The lowest BCUT2D eigenvalue weighted by Gasteiger charge is -2.33. The molecular weight excluding hydrogens is 517 g/mol. The number of anilines is 1. The second-order valence-electron chi connectivity index (χ2n) is 9.47. The van der Waals surface area contributed by atoms with Crippen LogP contribution in [0.2, 0.25) is 0 Å². The van der Waals surface area contributed by atoms with Crippen LogP contribution in [0.5, 0.6) is 0 Å². The van der Waals surface area contributed by atoms with Crippen molar-refractivity contribution in [2.24, 2.45) is 5.92 Å². The molecule has 0 spiro atoms. The van der Waals surface area contributed by atoms with Crippen molar-refractivity contribution >= 4 is 11.6 Å². The summed E-state index contributed by atoms with van der Waals surface area (Å²) in [6.45, 7) is 0.625. The molecule has 2 heterocycles. The van der Waals surface area contributed by atoms with E-state index in [1.807, 2.05) is 0 Å². The molecule has 2 aromatic rings. The Morgan fingerprint density at radius 3 is 1.97 bits per heavy atom. The summed E-state index contributed by atoms with van der Waals surface area (Å²) in [6.07, 6.45) is -15.0. The molecule has 1 aromatic heterocycles. The summed E-state index contributed by atoms with van der Waals surface area (Å²) in [7, 11) is 0. The van der Waals surface area contributed by atoms with Gasteiger partial charge in [0.15, 0.2) is 0 Å². The average molecular weight is 539 g/mol. The minimum Gasteiger partial charge on any atom is -0.370 e. The van der Waals surface area contributed by atoms with Gasteiger partial charge in [-0.15, -0.1) is 0 Å². The second-order valence-corrected chi connectivity index (χ2v) is 9.47. The fraction of sp³-hybridized carbons (Fsp3) is 0.500. The van der Waals surface area contributed by atoms with Crippen LogP contribution in [0.15, 0.2) is 36.4 Å². The molecule has 0 bridgehead atoms. The van der Waals surface area contributed by atoms with Crippen LogP contribution in [0.4, 0.5) is 45.2 Å². The van der Waals surface area contributed by atoms with Crippen LogP contribution in [0.1, 0.15) is 54.7 Å². The summed E-state index contributed by atoms with van der Waals surface area (Å²) in [6, 6.07) is 5.99. The molecule has 37 heavy (non-hydrogen) atoms. The van der Waals surface area contributed by atoms with Gasteiger partial charge in [0.05, 0.1) is 6.04 Å². The Kier molecular flexibility index (Phi) is 6.64. The zero-order chi connectivity index (χ0) is 27.4. The van der Waals surface area contributed by atoms with E-state index < -0.39 is 53.9 Å². The lowest BCUT2D eigenvalue weighted by molar-refractivity contribution is -0.185. The summed E-state index contributed by atoms with van der Waals surface area (Å²) in [5.41, 5.74) is -7.17. The number of pyridine rings is 1. The predicted molar refractivity (Wildman–Crippen MR) is 115 cm³/mol. The molecule has 2 unspecified atom stereocenters. The standard InChI is InChI=1S/C24H22F9N3O/c1-13(34-20(37)15-2-3-15)14-4-6-17(7-5-14)36-9-8-21(12-36,24(31,32)33)16-10-18(22(25,26)27)35-19(11-16)23(28,29)30/h4-7,10-11,13,15H,2-3,8-9,12H2,1H3,(H,34,37). The Labute approximate surface area is 205 Å². The van der Waals surface area contributed by atoms with Crippen molar-refractivity contribution in [3.63, 3.8) is 0 Å². The van der Waals surface area contributed by atoms with Gasteiger partial charge >= 0.3 is 18.5 Å². The topological polar surface area (TPSA) is 45.2 Å². The molecule has 13 heteroatoms. The normalized spacial score (nSPS) is 21.7. The Morgan fingerprint density at radius 2 is 1.51 bits per heavy atom. The predicted octanol–water partition coefficient (Wildman–Crippen LogP) is 6.42.